The second-order valence-electron chi connectivity index (χ2n) is 6.29. The highest BCUT2D eigenvalue weighted by Crippen LogP contribution is 2.33. The normalized spacial score (nSPS) is 35.6. The Kier molecular flexibility index (Phi) is 4.87. The van der Waals surface area contributed by atoms with Gasteiger partial charge in [-0.1, -0.05) is 26.2 Å². The number of hydrogen-bond donors (Lipinski definition) is 1. The third-order valence-corrected chi connectivity index (χ3v) is 5.10. The number of hydrogen-bond acceptors (Lipinski definition) is 2. The van der Waals surface area contributed by atoms with Crippen LogP contribution in [0.25, 0.3) is 0 Å². The quantitative estimate of drug-likeness (QED) is 0.815. The van der Waals surface area contributed by atoms with Crippen LogP contribution in [-0.4, -0.2) is 35.7 Å². The van der Waals surface area contributed by atoms with Crippen molar-refractivity contribution in [2.45, 2.75) is 70.4 Å². The SMILES string of the molecule is CCC1CCC(O)C(CN(C)C2CCCC2)C1. The van der Waals surface area contributed by atoms with Crippen LogP contribution in [0.15, 0.2) is 0 Å². The molecule has 0 amide bonds. The molecule has 0 saturated heterocycles. The molecule has 0 aromatic heterocycles. The minimum Gasteiger partial charge on any atom is -0.393 e. The third kappa shape index (κ3) is 3.45. The molecule has 1 N–H and O–H groups in total. The Bertz CT molecular complexity index is 225. The second-order valence-corrected chi connectivity index (χ2v) is 6.29. The van der Waals surface area contributed by atoms with E-state index in [9.17, 15) is 5.11 Å². The van der Waals surface area contributed by atoms with Crippen molar-refractivity contribution < 1.29 is 5.11 Å². The van der Waals surface area contributed by atoms with E-state index in [4.69, 9.17) is 0 Å². The summed E-state index contributed by atoms with van der Waals surface area (Å²) >= 11 is 0. The number of aliphatic hydroxyl groups is 1. The first-order valence-corrected chi connectivity index (χ1v) is 7.59. The maximum Gasteiger partial charge on any atom is 0.0580 e. The van der Waals surface area contributed by atoms with Crippen molar-refractivity contribution in [3.05, 3.63) is 0 Å². The van der Waals surface area contributed by atoms with E-state index >= 15 is 0 Å². The minimum absolute atomic E-state index is 0.0401. The molecule has 0 aromatic carbocycles. The lowest BCUT2D eigenvalue weighted by Gasteiger charge is -2.37. The molecule has 100 valence electrons. The fourth-order valence-electron chi connectivity index (χ4n) is 3.78. The van der Waals surface area contributed by atoms with Gasteiger partial charge < -0.3 is 10.0 Å². The van der Waals surface area contributed by atoms with Gasteiger partial charge in [-0.3, -0.25) is 0 Å². The fourth-order valence-corrected chi connectivity index (χ4v) is 3.78. The van der Waals surface area contributed by atoms with Gasteiger partial charge in [0, 0.05) is 12.6 Å². The largest absolute Gasteiger partial charge is 0.393 e. The van der Waals surface area contributed by atoms with Gasteiger partial charge >= 0.3 is 0 Å². The van der Waals surface area contributed by atoms with Gasteiger partial charge in [0.05, 0.1) is 6.10 Å². The molecule has 2 nitrogen and oxygen atoms in total. The van der Waals surface area contributed by atoms with Crippen LogP contribution in [0.4, 0.5) is 0 Å². The van der Waals surface area contributed by atoms with Gasteiger partial charge in [0.25, 0.3) is 0 Å². The van der Waals surface area contributed by atoms with E-state index in [-0.39, 0.29) is 6.10 Å². The van der Waals surface area contributed by atoms with Crippen LogP contribution in [0.3, 0.4) is 0 Å². The van der Waals surface area contributed by atoms with E-state index < -0.39 is 0 Å². The molecule has 0 aliphatic heterocycles. The number of nitrogens with zero attached hydrogens (tertiary/aromatic N) is 1. The van der Waals surface area contributed by atoms with Crippen LogP contribution in [-0.2, 0) is 0 Å². The summed E-state index contributed by atoms with van der Waals surface area (Å²) in [6.07, 6.45) is 10.3. The Balaban J connectivity index is 1.82. The van der Waals surface area contributed by atoms with Crippen LogP contribution in [0, 0.1) is 11.8 Å². The summed E-state index contributed by atoms with van der Waals surface area (Å²) in [5, 5.41) is 10.1. The van der Waals surface area contributed by atoms with Crippen molar-refractivity contribution in [1.29, 1.82) is 0 Å². The Morgan fingerprint density at radius 2 is 1.82 bits per heavy atom. The monoisotopic (exact) mass is 239 g/mol. The van der Waals surface area contributed by atoms with Crippen molar-refractivity contribution >= 4 is 0 Å². The molecule has 0 spiro atoms. The van der Waals surface area contributed by atoms with Crippen LogP contribution in [0.1, 0.15) is 58.3 Å². The second kappa shape index (κ2) is 6.19. The average molecular weight is 239 g/mol. The van der Waals surface area contributed by atoms with E-state index in [1.807, 2.05) is 0 Å². The van der Waals surface area contributed by atoms with Crippen molar-refractivity contribution in [2.24, 2.45) is 11.8 Å². The van der Waals surface area contributed by atoms with Gasteiger partial charge in [-0.2, -0.15) is 0 Å². The minimum atomic E-state index is -0.0401. The lowest BCUT2D eigenvalue weighted by atomic mass is 9.78. The van der Waals surface area contributed by atoms with Crippen LogP contribution < -0.4 is 0 Å². The van der Waals surface area contributed by atoms with E-state index in [0.717, 1.165) is 24.9 Å². The van der Waals surface area contributed by atoms with Crippen LogP contribution in [0.5, 0.6) is 0 Å². The predicted octanol–water partition coefficient (Wildman–Crippen LogP) is 3.05. The third-order valence-electron chi connectivity index (χ3n) is 5.10. The smallest absolute Gasteiger partial charge is 0.0580 e. The summed E-state index contributed by atoms with van der Waals surface area (Å²) in [5.74, 6) is 1.39. The Morgan fingerprint density at radius 3 is 2.47 bits per heavy atom. The van der Waals surface area contributed by atoms with E-state index in [2.05, 4.69) is 18.9 Å². The first-order chi connectivity index (χ1) is 8.20. The standard InChI is InChI=1S/C15H29NO/c1-3-12-8-9-15(17)13(10-12)11-16(2)14-6-4-5-7-14/h12-15,17H,3-11H2,1-2H3. The highest BCUT2D eigenvalue weighted by atomic mass is 16.3. The lowest BCUT2D eigenvalue weighted by molar-refractivity contribution is 0.0245. The van der Waals surface area contributed by atoms with Crippen LogP contribution in [0.2, 0.25) is 0 Å². The summed E-state index contributed by atoms with van der Waals surface area (Å²) in [4.78, 5) is 2.53. The summed E-state index contributed by atoms with van der Waals surface area (Å²) in [5.41, 5.74) is 0. The summed E-state index contributed by atoms with van der Waals surface area (Å²) in [6, 6.07) is 0.796. The van der Waals surface area contributed by atoms with Gasteiger partial charge in [-0.15, -0.1) is 0 Å². The molecule has 0 heterocycles. The highest BCUT2D eigenvalue weighted by Gasteiger charge is 2.30. The molecule has 0 aromatic rings. The van der Waals surface area contributed by atoms with E-state index in [1.165, 1.54) is 44.9 Å². The molecule has 2 aliphatic rings. The zero-order valence-electron chi connectivity index (χ0n) is 11.6. The Labute approximate surface area is 106 Å². The lowest BCUT2D eigenvalue weighted by Crippen LogP contribution is -2.40. The zero-order chi connectivity index (χ0) is 12.3. The first-order valence-electron chi connectivity index (χ1n) is 7.59. The molecule has 3 atom stereocenters. The molecule has 3 unspecified atom stereocenters. The van der Waals surface area contributed by atoms with Crippen molar-refractivity contribution in [2.75, 3.05) is 13.6 Å². The van der Waals surface area contributed by atoms with Crippen molar-refractivity contribution in [3.63, 3.8) is 0 Å². The van der Waals surface area contributed by atoms with Crippen molar-refractivity contribution in [3.8, 4) is 0 Å². The molecule has 17 heavy (non-hydrogen) atoms. The van der Waals surface area contributed by atoms with Gasteiger partial charge in [0.15, 0.2) is 0 Å². The maximum atomic E-state index is 10.1. The summed E-state index contributed by atoms with van der Waals surface area (Å²) in [6.45, 7) is 3.41. The van der Waals surface area contributed by atoms with Crippen LogP contribution >= 0.6 is 0 Å². The summed E-state index contributed by atoms with van der Waals surface area (Å²) < 4.78 is 0. The molecule has 2 heteroatoms. The maximum absolute atomic E-state index is 10.1. The predicted molar refractivity (Wildman–Crippen MR) is 72.0 cm³/mol. The van der Waals surface area contributed by atoms with Crippen molar-refractivity contribution in [1.82, 2.24) is 4.90 Å². The molecular formula is C15H29NO. The molecule has 2 aliphatic carbocycles. The highest BCUT2D eigenvalue weighted by molar-refractivity contribution is 4.84. The topological polar surface area (TPSA) is 23.5 Å². The Hall–Kier alpha value is -0.0800. The molecule has 2 saturated carbocycles. The zero-order valence-corrected chi connectivity index (χ0v) is 11.6. The molecule has 0 bridgehead atoms. The summed E-state index contributed by atoms with van der Waals surface area (Å²) in [7, 11) is 2.26. The van der Waals surface area contributed by atoms with Gasteiger partial charge in [-0.25, -0.2) is 0 Å². The molecule has 0 radical (unpaired) electrons. The molecule has 2 fully saturated rings. The number of aliphatic hydroxyl groups excluding tert-OH is 1. The van der Waals surface area contributed by atoms with Gasteiger partial charge in [0.1, 0.15) is 0 Å². The fraction of sp³-hybridized carbons (Fsp3) is 1.00. The van der Waals surface area contributed by atoms with E-state index in [0.29, 0.717) is 5.92 Å². The van der Waals surface area contributed by atoms with Gasteiger partial charge in [-0.05, 0) is 51.0 Å². The molecule has 2 rings (SSSR count). The average Bonchev–Trinajstić information content (AvgIpc) is 2.85. The Morgan fingerprint density at radius 1 is 1.12 bits per heavy atom. The van der Waals surface area contributed by atoms with Gasteiger partial charge in [0.2, 0.25) is 0 Å². The van der Waals surface area contributed by atoms with E-state index in [1.54, 1.807) is 0 Å². The number of rotatable bonds is 4. The molecular weight excluding hydrogens is 210 g/mol. The first kappa shape index (κ1) is 13.4.